The maximum atomic E-state index is 13.4. The predicted octanol–water partition coefficient (Wildman–Crippen LogP) is 4.62. The number of rotatable bonds is 5. The van der Waals surface area contributed by atoms with Gasteiger partial charge in [0.1, 0.15) is 10.6 Å². The van der Waals surface area contributed by atoms with Crippen molar-refractivity contribution in [2.24, 2.45) is 0 Å². The van der Waals surface area contributed by atoms with Crippen LogP contribution < -0.4 is 10.9 Å². The lowest BCUT2D eigenvalue weighted by molar-refractivity contribution is 0.0520. The third-order valence-corrected chi connectivity index (χ3v) is 5.89. The molecular formula is C24H17N3O5S. The van der Waals surface area contributed by atoms with Gasteiger partial charge in [-0.15, -0.1) is 11.3 Å². The number of nitrogens with one attached hydrogen (secondary N) is 1. The number of fused-ring (bicyclic) bond motifs is 2. The molecule has 3 heterocycles. The second-order valence-corrected chi connectivity index (χ2v) is 7.96. The molecule has 164 valence electrons. The van der Waals surface area contributed by atoms with Gasteiger partial charge in [-0.25, -0.2) is 4.79 Å². The van der Waals surface area contributed by atoms with E-state index in [-0.39, 0.29) is 28.4 Å². The molecule has 0 fully saturated rings. The topological polar surface area (TPSA) is 103 Å². The first-order valence-electron chi connectivity index (χ1n) is 10.1. The van der Waals surface area contributed by atoms with Gasteiger partial charge in [-0.2, -0.15) is 9.78 Å². The van der Waals surface area contributed by atoms with E-state index >= 15 is 0 Å². The van der Waals surface area contributed by atoms with E-state index in [1.54, 1.807) is 48.7 Å². The van der Waals surface area contributed by atoms with E-state index in [9.17, 15) is 14.4 Å². The first kappa shape index (κ1) is 20.7. The number of nitrogens with zero attached hydrogens (tertiary/aromatic N) is 2. The van der Waals surface area contributed by atoms with Gasteiger partial charge in [0.05, 0.1) is 17.7 Å². The van der Waals surface area contributed by atoms with Gasteiger partial charge < -0.3 is 14.5 Å². The van der Waals surface area contributed by atoms with Crippen molar-refractivity contribution in [1.82, 2.24) is 9.78 Å². The van der Waals surface area contributed by atoms with Gasteiger partial charge >= 0.3 is 5.97 Å². The Kier molecular flexibility index (Phi) is 5.23. The number of ether oxygens (including phenoxy) is 1. The normalized spacial score (nSPS) is 11.1. The number of hydrogen-bond acceptors (Lipinski definition) is 7. The van der Waals surface area contributed by atoms with Gasteiger partial charge in [0, 0.05) is 16.2 Å². The van der Waals surface area contributed by atoms with E-state index in [2.05, 4.69) is 10.4 Å². The summed E-state index contributed by atoms with van der Waals surface area (Å²) in [6.07, 6.45) is 0. The molecule has 33 heavy (non-hydrogen) atoms. The van der Waals surface area contributed by atoms with Crippen molar-refractivity contribution in [3.05, 3.63) is 87.9 Å². The summed E-state index contributed by atoms with van der Waals surface area (Å²) in [6, 6.07) is 17.6. The SMILES string of the molecule is CCOC(=O)c1nn(-c2ccccc2)c(=O)c2c(NC(=O)c3cc4ccccc4o3)scc12. The van der Waals surface area contributed by atoms with Crippen LogP contribution in [-0.2, 0) is 4.74 Å². The lowest BCUT2D eigenvalue weighted by atomic mass is 10.2. The molecule has 1 N–H and O–H groups in total. The number of aromatic nitrogens is 2. The van der Waals surface area contributed by atoms with Crippen LogP contribution >= 0.6 is 11.3 Å². The van der Waals surface area contributed by atoms with E-state index < -0.39 is 17.4 Å². The molecule has 0 spiro atoms. The standard InChI is InChI=1S/C24H17N3O5S/c1-2-31-24(30)20-16-13-33-22(19(16)23(29)27(26-20)15-9-4-3-5-10-15)25-21(28)18-12-14-8-6-7-11-17(14)32-18/h3-13H,2H2,1H3,(H,25,28). The molecule has 5 aromatic rings. The number of para-hydroxylation sites is 2. The maximum absolute atomic E-state index is 13.4. The Balaban J connectivity index is 1.63. The summed E-state index contributed by atoms with van der Waals surface area (Å²) >= 11 is 1.13. The molecule has 0 bridgehead atoms. The van der Waals surface area contributed by atoms with Gasteiger partial charge in [-0.3, -0.25) is 9.59 Å². The zero-order valence-electron chi connectivity index (χ0n) is 17.4. The van der Waals surface area contributed by atoms with Crippen molar-refractivity contribution >= 4 is 50.0 Å². The molecule has 0 saturated heterocycles. The van der Waals surface area contributed by atoms with Crippen LogP contribution in [0, 0.1) is 0 Å². The molecule has 0 aliphatic carbocycles. The average Bonchev–Trinajstić information content (AvgIpc) is 3.45. The molecule has 0 aliphatic heterocycles. The predicted molar refractivity (Wildman–Crippen MR) is 125 cm³/mol. The number of carbonyl (C=O) groups is 2. The van der Waals surface area contributed by atoms with Crippen molar-refractivity contribution in [1.29, 1.82) is 0 Å². The van der Waals surface area contributed by atoms with Crippen LogP contribution in [0.1, 0.15) is 28.0 Å². The van der Waals surface area contributed by atoms with Crippen LogP contribution in [0.15, 0.2) is 75.3 Å². The highest BCUT2D eigenvalue weighted by Gasteiger charge is 2.24. The number of carbonyl (C=O) groups excluding carboxylic acids is 2. The van der Waals surface area contributed by atoms with Crippen LogP contribution in [0.25, 0.3) is 27.4 Å². The molecule has 0 unspecified atom stereocenters. The molecular weight excluding hydrogens is 442 g/mol. The first-order chi connectivity index (χ1) is 16.1. The molecule has 0 atom stereocenters. The summed E-state index contributed by atoms with van der Waals surface area (Å²) in [5.74, 6) is -1.05. The molecule has 8 nitrogen and oxygen atoms in total. The minimum atomic E-state index is -0.653. The second-order valence-electron chi connectivity index (χ2n) is 7.08. The number of amides is 1. The van der Waals surface area contributed by atoms with Gasteiger partial charge in [-0.1, -0.05) is 36.4 Å². The van der Waals surface area contributed by atoms with Crippen molar-refractivity contribution in [2.75, 3.05) is 11.9 Å². The van der Waals surface area contributed by atoms with Gasteiger partial charge in [0.2, 0.25) is 0 Å². The van der Waals surface area contributed by atoms with Gasteiger partial charge in [0.25, 0.3) is 11.5 Å². The third-order valence-electron chi connectivity index (χ3n) is 5.00. The number of furan rings is 1. The minimum Gasteiger partial charge on any atom is -0.461 e. The van der Waals surface area contributed by atoms with Crippen molar-refractivity contribution in [2.45, 2.75) is 6.92 Å². The molecule has 2 aromatic carbocycles. The van der Waals surface area contributed by atoms with Crippen molar-refractivity contribution < 1.29 is 18.7 Å². The molecule has 5 rings (SSSR count). The lowest BCUT2D eigenvalue weighted by Crippen LogP contribution is -2.25. The zero-order valence-corrected chi connectivity index (χ0v) is 18.2. The third kappa shape index (κ3) is 3.68. The molecule has 9 heteroatoms. The highest BCUT2D eigenvalue weighted by molar-refractivity contribution is 7.16. The minimum absolute atomic E-state index is 0.00390. The zero-order chi connectivity index (χ0) is 22.9. The Labute approximate surface area is 191 Å². The fourth-order valence-corrected chi connectivity index (χ4v) is 4.43. The molecule has 0 aliphatic rings. The summed E-state index contributed by atoms with van der Waals surface area (Å²) in [5, 5.41) is 10.2. The monoisotopic (exact) mass is 459 g/mol. The van der Waals surface area contributed by atoms with Crippen LogP contribution in [-0.4, -0.2) is 28.3 Å². The smallest absolute Gasteiger partial charge is 0.359 e. The molecule has 0 radical (unpaired) electrons. The Morgan fingerprint density at radius 1 is 1.12 bits per heavy atom. The molecule has 1 amide bonds. The Hall–Kier alpha value is -4.24. The Morgan fingerprint density at radius 3 is 2.64 bits per heavy atom. The van der Waals surface area contributed by atoms with Crippen molar-refractivity contribution in [3.8, 4) is 5.69 Å². The van der Waals surface area contributed by atoms with Crippen LogP contribution in [0.4, 0.5) is 5.00 Å². The van der Waals surface area contributed by atoms with Crippen LogP contribution in [0.3, 0.4) is 0 Å². The van der Waals surface area contributed by atoms with Crippen molar-refractivity contribution in [3.63, 3.8) is 0 Å². The lowest BCUT2D eigenvalue weighted by Gasteiger charge is -2.09. The summed E-state index contributed by atoms with van der Waals surface area (Å²) in [4.78, 5) is 38.9. The largest absolute Gasteiger partial charge is 0.461 e. The van der Waals surface area contributed by atoms with E-state index in [4.69, 9.17) is 9.15 Å². The average molecular weight is 459 g/mol. The van der Waals surface area contributed by atoms with Crippen LogP contribution in [0.2, 0.25) is 0 Å². The summed E-state index contributed by atoms with van der Waals surface area (Å²) in [5.41, 5.74) is 0.593. The van der Waals surface area contributed by atoms with Gasteiger partial charge in [-0.05, 0) is 31.2 Å². The number of thiophene rings is 1. The number of benzene rings is 2. The van der Waals surface area contributed by atoms with E-state index in [0.29, 0.717) is 16.7 Å². The van der Waals surface area contributed by atoms with Crippen LogP contribution in [0.5, 0.6) is 0 Å². The Morgan fingerprint density at radius 2 is 1.88 bits per heavy atom. The highest BCUT2D eigenvalue weighted by atomic mass is 32.1. The fourth-order valence-electron chi connectivity index (χ4n) is 3.49. The fraction of sp³-hybridized carbons (Fsp3) is 0.0833. The summed E-state index contributed by atoms with van der Waals surface area (Å²) in [7, 11) is 0. The maximum Gasteiger partial charge on any atom is 0.359 e. The highest BCUT2D eigenvalue weighted by Crippen LogP contribution is 2.31. The number of esters is 1. The number of anilines is 1. The Bertz CT molecular complexity index is 1530. The van der Waals surface area contributed by atoms with Gasteiger partial charge in [0.15, 0.2) is 11.5 Å². The van der Waals surface area contributed by atoms with E-state index in [0.717, 1.165) is 21.4 Å². The second kappa shape index (κ2) is 8.36. The summed E-state index contributed by atoms with van der Waals surface area (Å²) < 4.78 is 11.9. The first-order valence-corrected chi connectivity index (χ1v) is 11.0. The van der Waals surface area contributed by atoms with E-state index in [1.807, 2.05) is 24.3 Å². The quantitative estimate of drug-likeness (QED) is 0.385. The molecule has 3 aromatic heterocycles. The number of hydrogen-bond donors (Lipinski definition) is 1. The molecule has 0 saturated carbocycles. The summed E-state index contributed by atoms with van der Waals surface area (Å²) in [6.45, 7) is 1.85. The van der Waals surface area contributed by atoms with E-state index in [1.165, 1.54) is 0 Å².